The molecule has 1 amide bonds. The van der Waals surface area contributed by atoms with Gasteiger partial charge in [0.05, 0.1) is 11.6 Å². The number of para-hydroxylation sites is 1. The molecule has 28 heavy (non-hydrogen) atoms. The average molecular weight is 415 g/mol. The van der Waals surface area contributed by atoms with Gasteiger partial charge in [0.15, 0.2) is 6.10 Å². The van der Waals surface area contributed by atoms with Gasteiger partial charge in [0.1, 0.15) is 5.75 Å². The predicted octanol–water partition coefficient (Wildman–Crippen LogP) is 4.67. The summed E-state index contributed by atoms with van der Waals surface area (Å²) in [6.07, 6.45) is -3.07. The van der Waals surface area contributed by atoms with Gasteiger partial charge in [0.25, 0.3) is 5.91 Å². The van der Waals surface area contributed by atoms with E-state index in [0.717, 1.165) is 36.5 Å². The van der Waals surface area contributed by atoms with Crippen molar-refractivity contribution in [2.75, 3.05) is 5.73 Å². The highest BCUT2D eigenvalue weighted by Gasteiger charge is 2.35. The molecule has 0 aromatic heterocycles. The number of alkyl halides is 3. The lowest BCUT2D eigenvalue weighted by molar-refractivity contribution is -0.140. The van der Waals surface area contributed by atoms with Gasteiger partial charge in [-0.1, -0.05) is 18.2 Å². The van der Waals surface area contributed by atoms with Crippen LogP contribution in [0.2, 0.25) is 0 Å². The standard InChI is InChI=1S/C20H21F3N2O2.ClH/c1-12(27-18-8-3-2-6-16(18)20(21,22)23)19(26)25-17-7-4-5-13-11-14(24)9-10-15(13)17;/h2-3,6,8-12,17H,4-5,7,24H2,1H3,(H,25,26);1H. The molecule has 4 nitrogen and oxygen atoms in total. The van der Waals surface area contributed by atoms with Crippen molar-refractivity contribution in [1.29, 1.82) is 0 Å². The molecule has 1 aliphatic rings. The Morgan fingerprint density at radius 1 is 1.25 bits per heavy atom. The van der Waals surface area contributed by atoms with Crippen LogP contribution in [0.5, 0.6) is 5.75 Å². The number of fused-ring (bicyclic) bond motifs is 1. The quantitative estimate of drug-likeness (QED) is 0.714. The smallest absolute Gasteiger partial charge is 0.419 e. The van der Waals surface area contributed by atoms with Crippen LogP contribution >= 0.6 is 12.4 Å². The zero-order valence-electron chi connectivity index (χ0n) is 15.3. The van der Waals surface area contributed by atoms with E-state index in [9.17, 15) is 18.0 Å². The van der Waals surface area contributed by atoms with Gasteiger partial charge in [-0.25, -0.2) is 0 Å². The number of rotatable bonds is 4. The maximum absolute atomic E-state index is 13.1. The molecule has 152 valence electrons. The number of carbonyl (C=O) groups is 1. The Labute approximate surface area is 167 Å². The zero-order chi connectivity index (χ0) is 19.6. The average Bonchev–Trinajstić information content (AvgIpc) is 2.61. The monoisotopic (exact) mass is 414 g/mol. The van der Waals surface area contributed by atoms with E-state index >= 15 is 0 Å². The Hall–Kier alpha value is -2.41. The molecule has 8 heteroatoms. The normalized spacial score (nSPS) is 17.1. The van der Waals surface area contributed by atoms with Crippen molar-refractivity contribution in [1.82, 2.24) is 5.32 Å². The van der Waals surface area contributed by atoms with Crippen LogP contribution in [0.4, 0.5) is 18.9 Å². The van der Waals surface area contributed by atoms with E-state index in [1.54, 1.807) is 6.07 Å². The van der Waals surface area contributed by atoms with E-state index in [4.69, 9.17) is 10.5 Å². The summed E-state index contributed by atoms with van der Waals surface area (Å²) in [5.41, 5.74) is 7.66. The van der Waals surface area contributed by atoms with Gasteiger partial charge in [-0.15, -0.1) is 12.4 Å². The fourth-order valence-electron chi connectivity index (χ4n) is 3.32. The molecule has 0 bridgehead atoms. The summed E-state index contributed by atoms with van der Waals surface area (Å²) in [5, 5.41) is 2.89. The molecule has 0 spiro atoms. The Bertz CT molecular complexity index is 842. The van der Waals surface area contributed by atoms with Crippen molar-refractivity contribution < 1.29 is 22.7 Å². The lowest BCUT2D eigenvalue weighted by atomic mass is 9.87. The summed E-state index contributed by atoms with van der Waals surface area (Å²) < 4.78 is 44.6. The second-order valence-electron chi connectivity index (χ2n) is 6.67. The van der Waals surface area contributed by atoms with Crippen LogP contribution in [0.15, 0.2) is 42.5 Å². The van der Waals surface area contributed by atoms with Crippen molar-refractivity contribution in [3.63, 3.8) is 0 Å². The number of aryl methyl sites for hydroxylation is 1. The van der Waals surface area contributed by atoms with Gasteiger partial charge in [0, 0.05) is 5.69 Å². The number of halogens is 4. The van der Waals surface area contributed by atoms with Crippen LogP contribution in [0.25, 0.3) is 0 Å². The van der Waals surface area contributed by atoms with Gasteiger partial charge in [-0.05, 0) is 61.6 Å². The molecule has 3 rings (SSSR count). The maximum Gasteiger partial charge on any atom is 0.419 e. The number of amides is 1. The molecular formula is C20H22ClF3N2O2. The van der Waals surface area contributed by atoms with Crippen LogP contribution in [0, 0.1) is 0 Å². The third-order valence-electron chi connectivity index (χ3n) is 4.66. The maximum atomic E-state index is 13.1. The van der Waals surface area contributed by atoms with Crippen LogP contribution in [-0.4, -0.2) is 12.0 Å². The number of ether oxygens (including phenoxy) is 1. The Morgan fingerprint density at radius 3 is 2.68 bits per heavy atom. The topological polar surface area (TPSA) is 64.3 Å². The number of hydrogen-bond acceptors (Lipinski definition) is 3. The molecule has 0 saturated heterocycles. The minimum absolute atomic E-state index is 0. The molecule has 2 atom stereocenters. The van der Waals surface area contributed by atoms with E-state index in [1.807, 2.05) is 12.1 Å². The highest BCUT2D eigenvalue weighted by molar-refractivity contribution is 5.85. The van der Waals surface area contributed by atoms with Crippen molar-refractivity contribution in [2.45, 2.75) is 44.5 Å². The molecule has 2 aromatic rings. The van der Waals surface area contributed by atoms with Gasteiger partial charge < -0.3 is 15.8 Å². The van der Waals surface area contributed by atoms with E-state index in [2.05, 4.69) is 5.32 Å². The first-order valence-corrected chi connectivity index (χ1v) is 8.77. The summed E-state index contributed by atoms with van der Waals surface area (Å²) in [6.45, 7) is 1.44. The second kappa shape index (κ2) is 8.73. The number of anilines is 1. The number of nitrogens with two attached hydrogens (primary N) is 1. The van der Waals surface area contributed by atoms with Crippen molar-refractivity contribution in [3.8, 4) is 5.75 Å². The van der Waals surface area contributed by atoms with Crippen molar-refractivity contribution in [2.24, 2.45) is 0 Å². The van der Waals surface area contributed by atoms with Gasteiger partial charge in [-0.3, -0.25) is 4.79 Å². The van der Waals surface area contributed by atoms with E-state index in [0.29, 0.717) is 5.69 Å². The molecular weight excluding hydrogens is 393 g/mol. The summed E-state index contributed by atoms with van der Waals surface area (Å²) >= 11 is 0. The molecule has 0 saturated carbocycles. The lowest BCUT2D eigenvalue weighted by Crippen LogP contribution is -2.39. The van der Waals surface area contributed by atoms with E-state index < -0.39 is 23.8 Å². The zero-order valence-corrected chi connectivity index (χ0v) is 16.1. The summed E-state index contributed by atoms with van der Waals surface area (Å²) in [7, 11) is 0. The first-order valence-electron chi connectivity index (χ1n) is 8.77. The highest BCUT2D eigenvalue weighted by atomic mass is 35.5. The minimum atomic E-state index is -4.55. The predicted molar refractivity (Wildman–Crippen MR) is 103 cm³/mol. The number of benzene rings is 2. The van der Waals surface area contributed by atoms with Gasteiger partial charge in [0.2, 0.25) is 0 Å². The number of nitrogens with one attached hydrogen (secondary N) is 1. The van der Waals surface area contributed by atoms with Crippen LogP contribution in [0.3, 0.4) is 0 Å². The molecule has 2 unspecified atom stereocenters. The first-order chi connectivity index (χ1) is 12.8. The van der Waals surface area contributed by atoms with Crippen LogP contribution in [0.1, 0.15) is 42.5 Å². The third-order valence-corrected chi connectivity index (χ3v) is 4.66. The Balaban J connectivity index is 0.00000280. The minimum Gasteiger partial charge on any atom is -0.480 e. The molecule has 0 aliphatic heterocycles. The molecule has 0 heterocycles. The molecule has 0 radical (unpaired) electrons. The third kappa shape index (κ3) is 4.90. The molecule has 0 fully saturated rings. The fraction of sp³-hybridized carbons (Fsp3) is 0.350. The first kappa shape index (κ1) is 21.9. The van der Waals surface area contributed by atoms with Crippen LogP contribution < -0.4 is 15.8 Å². The summed E-state index contributed by atoms with van der Waals surface area (Å²) in [5.74, 6) is -0.814. The largest absolute Gasteiger partial charge is 0.480 e. The Kier molecular flexibility index (Phi) is 6.82. The SMILES string of the molecule is CC(Oc1ccccc1C(F)(F)F)C(=O)NC1CCCc2cc(N)ccc21.Cl. The van der Waals surface area contributed by atoms with E-state index in [-0.39, 0.29) is 24.2 Å². The summed E-state index contributed by atoms with van der Waals surface area (Å²) in [6, 6.07) is 10.2. The summed E-state index contributed by atoms with van der Waals surface area (Å²) in [4.78, 5) is 12.5. The number of nitrogen functional groups attached to an aromatic ring is 1. The van der Waals surface area contributed by atoms with Gasteiger partial charge >= 0.3 is 6.18 Å². The number of carbonyl (C=O) groups excluding carboxylic acids is 1. The fourth-order valence-corrected chi connectivity index (χ4v) is 3.32. The molecule has 2 aromatic carbocycles. The van der Waals surface area contributed by atoms with Crippen molar-refractivity contribution >= 4 is 24.0 Å². The molecule has 1 aliphatic carbocycles. The molecule has 3 N–H and O–H groups in total. The number of hydrogen-bond donors (Lipinski definition) is 2. The van der Waals surface area contributed by atoms with Crippen molar-refractivity contribution in [3.05, 3.63) is 59.2 Å². The van der Waals surface area contributed by atoms with E-state index in [1.165, 1.54) is 25.1 Å². The second-order valence-corrected chi connectivity index (χ2v) is 6.67. The lowest BCUT2D eigenvalue weighted by Gasteiger charge is -2.28. The van der Waals surface area contributed by atoms with Crippen LogP contribution in [-0.2, 0) is 17.4 Å². The Morgan fingerprint density at radius 2 is 1.96 bits per heavy atom. The highest BCUT2D eigenvalue weighted by Crippen LogP contribution is 2.36. The van der Waals surface area contributed by atoms with Gasteiger partial charge in [-0.2, -0.15) is 13.2 Å².